The highest BCUT2D eigenvalue weighted by molar-refractivity contribution is 5.73. The molecule has 1 aliphatic rings. The molecule has 3 N–H and O–H groups in total. The van der Waals surface area contributed by atoms with Gasteiger partial charge in [0.05, 0.1) is 5.60 Å². The lowest BCUT2D eigenvalue weighted by molar-refractivity contribution is 0.0394. The van der Waals surface area contributed by atoms with Crippen molar-refractivity contribution in [2.24, 2.45) is 5.92 Å². The molecular weight excluding hydrogens is 228 g/mol. The Balaban J connectivity index is 1.69. The Kier molecular flexibility index (Phi) is 3.87. The minimum Gasteiger partial charge on any atom is -0.388 e. The third-order valence-electron chi connectivity index (χ3n) is 3.36. The van der Waals surface area contributed by atoms with Gasteiger partial charge < -0.3 is 15.7 Å². The summed E-state index contributed by atoms with van der Waals surface area (Å²) in [6, 6.07) is 9.50. The smallest absolute Gasteiger partial charge is 0.315 e. The highest BCUT2D eigenvalue weighted by Gasteiger charge is 2.39. The maximum atomic E-state index is 11.6. The van der Waals surface area contributed by atoms with Crippen molar-refractivity contribution in [2.75, 3.05) is 6.54 Å². The molecule has 4 heteroatoms. The van der Waals surface area contributed by atoms with E-state index in [-0.39, 0.29) is 6.03 Å². The van der Waals surface area contributed by atoms with E-state index >= 15 is 0 Å². The van der Waals surface area contributed by atoms with E-state index in [0.717, 1.165) is 18.4 Å². The lowest BCUT2D eigenvalue weighted by Crippen LogP contribution is -2.45. The second-order valence-electron chi connectivity index (χ2n) is 5.15. The van der Waals surface area contributed by atoms with Gasteiger partial charge in [0.1, 0.15) is 0 Å². The van der Waals surface area contributed by atoms with Gasteiger partial charge >= 0.3 is 6.03 Å². The van der Waals surface area contributed by atoms with Crippen LogP contribution < -0.4 is 10.6 Å². The summed E-state index contributed by atoms with van der Waals surface area (Å²) in [5.41, 5.74) is 0.283. The Hall–Kier alpha value is -1.55. The molecule has 1 fully saturated rings. The minimum atomic E-state index is -0.774. The van der Waals surface area contributed by atoms with Crippen LogP contribution in [0.5, 0.6) is 0 Å². The number of carbonyl (C=O) groups excluding carboxylic acids is 1. The normalized spacial score (nSPS) is 17.9. The topological polar surface area (TPSA) is 61.4 Å². The second kappa shape index (κ2) is 5.40. The van der Waals surface area contributed by atoms with Gasteiger partial charge in [0, 0.05) is 13.1 Å². The van der Waals surface area contributed by atoms with Crippen molar-refractivity contribution in [1.29, 1.82) is 0 Å². The van der Waals surface area contributed by atoms with Crippen LogP contribution in [-0.2, 0) is 6.54 Å². The van der Waals surface area contributed by atoms with Crippen molar-refractivity contribution < 1.29 is 9.90 Å². The summed E-state index contributed by atoms with van der Waals surface area (Å²) in [6.45, 7) is 2.58. The van der Waals surface area contributed by atoms with E-state index in [1.165, 1.54) is 0 Å². The number of benzene rings is 1. The molecule has 1 saturated carbocycles. The Morgan fingerprint density at radius 1 is 1.33 bits per heavy atom. The number of rotatable bonds is 5. The zero-order valence-electron chi connectivity index (χ0n) is 10.6. The molecule has 2 rings (SSSR count). The average molecular weight is 248 g/mol. The fourth-order valence-corrected chi connectivity index (χ4v) is 1.95. The molecule has 0 spiro atoms. The van der Waals surface area contributed by atoms with Crippen LogP contribution in [0.15, 0.2) is 30.3 Å². The fraction of sp³-hybridized carbons (Fsp3) is 0.500. The van der Waals surface area contributed by atoms with Gasteiger partial charge in [0.25, 0.3) is 0 Å². The summed E-state index contributed by atoms with van der Waals surface area (Å²) in [7, 11) is 0. The van der Waals surface area contributed by atoms with Gasteiger partial charge in [0.2, 0.25) is 0 Å². The van der Waals surface area contributed by atoms with Crippen LogP contribution in [0, 0.1) is 5.92 Å². The number of nitrogens with one attached hydrogen (secondary N) is 2. The first-order valence-corrected chi connectivity index (χ1v) is 6.36. The van der Waals surface area contributed by atoms with Crippen LogP contribution in [0.2, 0.25) is 0 Å². The number of urea groups is 1. The minimum absolute atomic E-state index is 0.236. The summed E-state index contributed by atoms with van der Waals surface area (Å²) in [6.07, 6.45) is 2.11. The summed E-state index contributed by atoms with van der Waals surface area (Å²) in [4.78, 5) is 11.6. The highest BCUT2D eigenvalue weighted by Crippen LogP contribution is 2.38. The third-order valence-corrected chi connectivity index (χ3v) is 3.36. The van der Waals surface area contributed by atoms with Crippen molar-refractivity contribution in [3.63, 3.8) is 0 Å². The van der Waals surface area contributed by atoms with Gasteiger partial charge in [-0.1, -0.05) is 30.3 Å². The Labute approximate surface area is 107 Å². The molecule has 1 unspecified atom stereocenters. The maximum Gasteiger partial charge on any atom is 0.315 e. The molecule has 1 aliphatic carbocycles. The van der Waals surface area contributed by atoms with Gasteiger partial charge in [-0.2, -0.15) is 0 Å². The first kappa shape index (κ1) is 12.9. The number of aliphatic hydroxyl groups is 1. The molecule has 1 aromatic carbocycles. The van der Waals surface area contributed by atoms with Crippen LogP contribution >= 0.6 is 0 Å². The van der Waals surface area contributed by atoms with E-state index in [2.05, 4.69) is 10.6 Å². The molecule has 0 aliphatic heterocycles. The largest absolute Gasteiger partial charge is 0.388 e. The summed E-state index contributed by atoms with van der Waals surface area (Å²) in [5.74, 6) is 0.340. The van der Waals surface area contributed by atoms with Crippen LogP contribution in [0.1, 0.15) is 25.3 Å². The number of carbonyl (C=O) groups is 1. The number of amides is 2. The second-order valence-corrected chi connectivity index (χ2v) is 5.15. The van der Waals surface area contributed by atoms with Crippen LogP contribution in [0.25, 0.3) is 0 Å². The Morgan fingerprint density at radius 3 is 2.61 bits per heavy atom. The van der Waals surface area contributed by atoms with E-state index in [0.29, 0.717) is 19.0 Å². The van der Waals surface area contributed by atoms with Crippen molar-refractivity contribution in [3.05, 3.63) is 35.9 Å². The molecule has 4 nitrogen and oxygen atoms in total. The monoisotopic (exact) mass is 248 g/mol. The van der Waals surface area contributed by atoms with E-state index in [1.807, 2.05) is 30.3 Å². The third kappa shape index (κ3) is 3.74. The van der Waals surface area contributed by atoms with E-state index in [4.69, 9.17) is 0 Å². The fourth-order valence-electron chi connectivity index (χ4n) is 1.95. The first-order valence-electron chi connectivity index (χ1n) is 6.36. The maximum absolute atomic E-state index is 11.6. The lowest BCUT2D eigenvalue weighted by Gasteiger charge is -2.23. The quantitative estimate of drug-likeness (QED) is 0.742. The molecular formula is C14H20N2O2. The molecule has 0 aromatic heterocycles. The molecule has 0 radical (unpaired) electrons. The molecule has 0 bridgehead atoms. The van der Waals surface area contributed by atoms with Crippen LogP contribution in [-0.4, -0.2) is 23.3 Å². The SMILES string of the molecule is CC(O)(CNC(=O)NCc1ccccc1)C1CC1. The predicted molar refractivity (Wildman–Crippen MR) is 70.0 cm³/mol. The lowest BCUT2D eigenvalue weighted by atomic mass is 10.0. The molecule has 18 heavy (non-hydrogen) atoms. The molecule has 0 saturated heterocycles. The van der Waals surface area contributed by atoms with Crippen LogP contribution in [0.3, 0.4) is 0 Å². The standard InChI is InChI=1S/C14H20N2O2/c1-14(18,12-7-8-12)10-16-13(17)15-9-11-5-3-2-4-6-11/h2-6,12,18H,7-10H2,1H3,(H2,15,16,17). The van der Waals surface area contributed by atoms with Gasteiger partial charge in [-0.3, -0.25) is 0 Å². The van der Waals surface area contributed by atoms with Crippen molar-refractivity contribution in [3.8, 4) is 0 Å². The van der Waals surface area contributed by atoms with Gasteiger partial charge in [-0.15, -0.1) is 0 Å². The average Bonchev–Trinajstić information content (AvgIpc) is 3.20. The zero-order valence-corrected chi connectivity index (χ0v) is 10.6. The van der Waals surface area contributed by atoms with E-state index in [1.54, 1.807) is 6.92 Å². The number of hydrogen-bond acceptors (Lipinski definition) is 2. The van der Waals surface area contributed by atoms with Crippen molar-refractivity contribution >= 4 is 6.03 Å². The zero-order chi connectivity index (χ0) is 13.0. The van der Waals surface area contributed by atoms with Crippen molar-refractivity contribution in [1.82, 2.24) is 10.6 Å². The molecule has 0 heterocycles. The van der Waals surface area contributed by atoms with Gasteiger partial charge in [-0.25, -0.2) is 4.79 Å². The summed E-state index contributed by atoms with van der Waals surface area (Å²) >= 11 is 0. The highest BCUT2D eigenvalue weighted by atomic mass is 16.3. The van der Waals surface area contributed by atoms with Gasteiger partial charge in [0.15, 0.2) is 0 Å². The Morgan fingerprint density at radius 2 is 2.00 bits per heavy atom. The Bertz CT molecular complexity index is 400. The number of hydrogen-bond donors (Lipinski definition) is 3. The molecule has 1 atom stereocenters. The van der Waals surface area contributed by atoms with E-state index < -0.39 is 5.60 Å². The van der Waals surface area contributed by atoms with Crippen molar-refractivity contribution in [2.45, 2.75) is 31.9 Å². The summed E-state index contributed by atoms with van der Waals surface area (Å²) in [5, 5.41) is 15.5. The van der Waals surface area contributed by atoms with E-state index in [9.17, 15) is 9.90 Å². The first-order chi connectivity index (χ1) is 8.58. The molecule has 98 valence electrons. The molecule has 1 aromatic rings. The van der Waals surface area contributed by atoms with Crippen LogP contribution in [0.4, 0.5) is 4.79 Å². The summed E-state index contributed by atoms with van der Waals surface area (Å²) < 4.78 is 0. The van der Waals surface area contributed by atoms with Gasteiger partial charge in [-0.05, 0) is 31.2 Å². The predicted octanol–water partition coefficient (Wildman–Crippen LogP) is 1.65. The molecule has 2 amide bonds.